The highest BCUT2D eigenvalue weighted by molar-refractivity contribution is 9.10. The average molecular weight is 267 g/mol. The summed E-state index contributed by atoms with van der Waals surface area (Å²) in [4.78, 5) is 13.9. The van der Waals surface area contributed by atoms with Gasteiger partial charge in [-0.2, -0.15) is 0 Å². The predicted octanol–water partition coefficient (Wildman–Crippen LogP) is 2.89. The Bertz CT molecular complexity index is 360. The first-order valence-corrected chi connectivity index (χ1v) is 5.87. The van der Waals surface area contributed by atoms with Gasteiger partial charge in [0.1, 0.15) is 0 Å². The van der Waals surface area contributed by atoms with Crippen molar-refractivity contribution in [3.63, 3.8) is 0 Å². The van der Waals surface area contributed by atoms with E-state index in [1.807, 2.05) is 29.2 Å². The molecule has 1 aliphatic heterocycles. The number of benzene rings is 1. The number of nitrogens with zero attached hydrogens (tertiary/aromatic N) is 1. The largest absolute Gasteiger partial charge is 0.336 e. The third-order valence-corrected chi connectivity index (χ3v) is 3.26. The molecule has 1 atom stereocenters. The zero-order chi connectivity index (χ0) is 10.8. The van der Waals surface area contributed by atoms with Gasteiger partial charge in [0.2, 0.25) is 0 Å². The molecule has 79 valence electrons. The number of rotatable bonds is 1. The summed E-state index contributed by atoms with van der Waals surface area (Å²) >= 11 is 3.35. The zero-order valence-corrected chi connectivity index (χ0v) is 10.0. The monoisotopic (exact) mass is 266 g/mol. The van der Waals surface area contributed by atoms with Crippen LogP contribution in [0.1, 0.15) is 23.2 Å². The van der Waals surface area contributed by atoms with Crippen molar-refractivity contribution in [3.05, 3.63) is 41.2 Å². The standard InChI is InChI=1S/C12H13BrNO/c1-9-3-2-8-14(9)12(15)10-4-6-11(13)7-5-10/h4-7,9H,1-3,8H2/t9-/m0/s1. The van der Waals surface area contributed by atoms with Crippen LogP contribution in [-0.2, 0) is 0 Å². The van der Waals surface area contributed by atoms with Crippen LogP contribution in [0.2, 0.25) is 0 Å². The van der Waals surface area contributed by atoms with Gasteiger partial charge in [-0.05, 0) is 44.0 Å². The zero-order valence-electron chi connectivity index (χ0n) is 8.45. The van der Waals surface area contributed by atoms with Crippen LogP contribution in [0.25, 0.3) is 0 Å². The molecule has 1 fully saturated rings. The van der Waals surface area contributed by atoms with Crippen molar-refractivity contribution in [2.24, 2.45) is 0 Å². The fourth-order valence-corrected chi connectivity index (χ4v) is 2.13. The Balaban J connectivity index is 2.17. The van der Waals surface area contributed by atoms with Crippen molar-refractivity contribution < 1.29 is 4.79 Å². The van der Waals surface area contributed by atoms with Gasteiger partial charge in [0, 0.05) is 22.6 Å². The average Bonchev–Trinajstić information content (AvgIpc) is 2.65. The number of likely N-dealkylation sites (tertiary alicyclic amines) is 1. The van der Waals surface area contributed by atoms with Crippen molar-refractivity contribution in [2.45, 2.75) is 18.9 Å². The van der Waals surface area contributed by atoms with Crippen LogP contribution in [0, 0.1) is 6.92 Å². The van der Waals surface area contributed by atoms with E-state index in [-0.39, 0.29) is 11.9 Å². The van der Waals surface area contributed by atoms with Gasteiger partial charge in [0.25, 0.3) is 5.91 Å². The van der Waals surface area contributed by atoms with E-state index in [0.717, 1.165) is 29.4 Å². The van der Waals surface area contributed by atoms with Crippen LogP contribution in [-0.4, -0.2) is 23.4 Å². The Labute approximate surface area is 98.4 Å². The minimum absolute atomic E-state index is 0.0972. The second kappa shape index (κ2) is 4.35. The highest BCUT2D eigenvalue weighted by Gasteiger charge is 2.25. The van der Waals surface area contributed by atoms with Gasteiger partial charge < -0.3 is 4.90 Å². The summed E-state index contributed by atoms with van der Waals surface area (Å²) < 4.78 is 0.992. The van der Waals surface area contributed by atoms with E-state index in [2.05, 4.69) is 22.9 Å². The predicted molar refractivity (Wildman–Crippen MR) is 63.6 cm³/mol. The molecule has 0 unspecified atom stereocenters. The Kier molecular flexibility index (Phi) is 3.10. The SMILES string of the molecule is [CH2][C@H]1CCCN1C(=O)c1ccc(Br)cc1. The molecule has 2 nitrogen and oxygen atoms in total. The van der Waals surface area contributed by atoms with Crippen molar-refractivity contribution in [2.75, 3.05) is 6.54 Å². The lowest BCUT2D eigenvalue weighted by Gasteiger charge is -2.21. The van der Waals surface area contributed by atoms with Crippen molar-refractivity contribution in [3.8, 4) is 0 Å². The third-order valence-electron chi connectivity index (χ3n) is 2.73. The first-order chi connectivity index (χ1) is 7.18. The van der Waals surface area contributed by atoms with Crippen LogP contribution in [0.3, 0.4) is 0 Å². The first-order valence-electron chi connectivity index (χ1n) is 5.08. The highest BCUT2D eigenvalue weighted by Crippen LogP contribution is 2.20. The number of hydrogen-bond donors (Lipinski definition) is 0. The summed E-state index contributed by atoms with van der Waals surface area (Å²) in [7, 11) is 0. The molecular formula is C12H13BrNO. The Morgan fingerprint density at radius 2 is 2.07 bits per heavy atom. The van der Waals surface area contributed by atoms with Crippen molar-refractivity contribution in [1.29, 1.82) is 0 Å². The van der Waals surface area contributed by atoms with Crippen molar-refractivity contribution >= 4 is 21.8 Å². The number of hydrogen-bond acceptors (Lipinski definition) is 1. The molecule has 1 heterocycles. The Hall–Kier alpha value is -0.830. The van der Waals surface area contributed by atoms with E-state index in [1.165, 1.54) is 0 Å². The lowest BCUT2D eigenvalue weighted by Crippen LogP contribution is -2.33. The molecule has 0 N–H and O–H groups in total. The van der Waals surface area contributed by atoms with E-state index in [1.54, 1.807) is 0 Å². The fourth-order valence-electron chi connectivity index (χ4n) is 1.86. The summed E-state index contributed by atoms with van der Waals surface area (Å²) in [6.45, 7) is 4.82. The summed E-state index contributed by atoms with van der Waals surface area (Å²) in [5, 5.41) is 0. The smallest absolute Gasteiger partial charge is 0.254 e. The molecule has 0 aliphatic carbocycles. The normalized spacial score (nSPS) is 20.7. The van der Waals surface area contributed by atoms with Gasteiger partial charge in [-0.25, -0.2) is 0 Å². The van der Waals surface area contributed by atoms with Gasteiger partial charge in [0.15, 0.2) is 0 Å². The van der Waals surface area contributed by atoms with E-state index in [9.17, 15) is 4.79 Å². The number of halogens is 1. The summed E-state index contributed by atoms with van der Waals surface area (Å²) in [6.07, 6.45) is 2.08. The van der Waals surface area contributed by atoms with E-state index >= 15 is 0 Å². The molecule has 0 saturated carbocycles. The molecule has 0 spiro atoms. The fraction of sp³-hybridized carbons (Fsp3) is 0.333. The van der Waals surface area contributed by atoms with Crippen LogP contribution < -0.4 is 0 Å². The Morgan fingerprint density at radius 3 is 2.60 bits per heavy atom. The van der Waals surface area contributed by atoms with Gasteiger partial charge in [-0.3, -0.25) is 4.79 Å². The molecule has 1 aliphatic rings. The summed E-state index contributed by atoms with van der Waals surface area (Å²) in [5.74, 6) is 0.0972. The lowest BCUT2D eigenvalue weighted by atomic mass is 10.2. The van der Waals surface area contributed by atoms with Crippen LogP contribution >= 0.6 is 15.9 Å². The first kappa shape index (κ1) is 10.7. The quantitative estimate of drug-likeness (QED) is 0.766. The van der Waals surface area contributed by atoms with Gasteiger partial charge in [-0.1, -0.05) is 15.9 Å². The van der Waals surface area contributed by atoms with Crippen LogP contribution in [0.15, 0.2) is 28.7 Å². The number of amides is 1. The molecule has 2 rings (SSSR count). The Morgan fingerprint density at radius 1 is 1.40 bits per heavy atom. The van der Waals surface area contributed by atoms with E-state index in [0.29, 0.717) is 0 Å². The minimum atomic E-state index is 0.0972. The van der Waals surface area contributed by atoms with Crippen LogP contribution in [0.5, 0.6) is 0 Å². The molecule has 0 bridgehead atoms. The molecular weight excluding hydrogens is 254 g/mol. The summed E-state index contributed by atoms with van der Waals surface area (Å²) in [6, 6.07) is 7.61. The van der Waals surface area contributed by atoms with Gasteiger partial charge in [0.05, 0.1) is 0 Å². The second-order valence-corrected chi connectivity index (χ2v) is 4.72. The maximum atomic E-state index is 12.0. The molecule has 1 radical (unpaired) electrons. The molecule has 1 aromatic carbocycles. The third kappa shape index (κ3) is 2.23. The van der Waals surface area contributed by atoms with Crippen LogP contribution in [0.4, 0.5) is 0 Å². The molecule has 3 heteroatoms. The molecule has 1 aromatic rings. The van der Waals surface area contributed by atoms with Crippen molar-refractivity contribution in [1.82, 2.24) is 4.90 Å². The number of carbonyl (C=O) groups excluding carboxylic acids is 1. The lowest BCUT2D eigenvalue weighted by molar-refractivity contribution is 0.0760. The molecule has 1 saturated heterocycles. The second-order valence-electron chi connectivity index (χ2n) is 3.80. The van der Waals surface area contributed by atoms with E-state index in [4.69, 9.17) is 0 Å². The maximum Gasteiger partial charge on any atom is 0.254 e. The molecule has 0 aromatic heterocycles. The molecule has 1 amide bonds. The van der Waals surface area contributed by atoms with Gasteiger partial charge >= 0.3 is 0 Å². The van der Waals surface area contributed by atoms with Gasteiger partial charge in [-0.15, -0.1) is 0 Å². The molecule has 15 heavy (non-hydrogen) atoms. The summed E-state index contributed by atoms with van der Waals surface area (Å²) in [5.41, 5.74) is 0.744. The number of carbonyl (C=O) groups is 1. The highest BCUT2D eigenvalue weighted by atomic mass is 79.9. The maximum absolute atomic E-state index is 12.0. The van der Waals surface area contributed by atoms with E-state index < -0.39 is 0 Å². The minimum Gasteiger partial charge on any atom is -0.336 e. The topological polar surface area (TPSA) is 20.3 Å².